The molecule has 0 aliphatic carbocycles. The summed E-state index contributed by atoms with van der Waals surface area (Å²) in [5, 5.41) is 7.31. The van der Waals surface area contributed by atoms with Crippen LogP contribution in [0.1, 0.15) is 13.8 Å². The van der Waals surface area contributed by atoms with Gasteiger partial charge in [-0.15, -0.1) is 0 Å². The van der Waals surface area contributed by atoms with Gasteiger partial charge in [-0.1, -0.05) is 36.4 Å². The Morgan fingerprint density at radius 1 is 0.833 bits per heavy atom. The Hall–Kier alpha value is -2.18. The SMILES string of the molecule is CCN(CC)C(N)=S.S=C(Nc1ccccc1)Nc1ccccc1. The van der Waals surface area contributed by atoms with Gasteiger partial charge in [0.1, 0.15) is 0 Å². The molecule has 0 saturated heterocycles. The lowest BCUT2D eigenvalue weighted by Gasteiger charge is -2.17. The Bertz CT molecular complexity index is 570. The summed E-state index contributed by atoms with van der Waals surface area (Å²) in [6.45, 7) is 5.88. The second-order valence-electron chi connectivity index (χ2n) is 4.82. The molecule has 6 heteroatoms. The third-order valence-corrected chi connectivity index (χ3v) is 3.60. The molecule has 4 nitrogen and oxygen atoms in total. The van der Waals surface area contributed by atoms with Gasteiger partial charge in [0.25, 0.3) is 0 Å². The van der Waals surface area contributed by atoms with Crippen molar-refractivity contribution in [2.24, 2.45) is 5.73 Å². The van der Waals surface area contributed by atoms with Crippen molar-refractivity contribution in [3.63, 3.8) is 0 Å². The minimum atomic E-state index is 0.495. The number of para-hydroxylation sites is 2. The highest BCUT2D eigenvalue weighted by molar-refractivity contribution is 7.80. The molecular formula is C18H24N4S2. The van der Waals surface area contributed by atoms with E-state index in [4.69, 9.17) is 30.2 Å². The highest BCUT2D eigenvalue weighted by atomic mass is 32.1. The molecule has 128 valence electrons. The fraction of sp³-hybridized carbons (Fsp3) is 0.222. The van der Waals surface area contributed by atoms with E-state index in [2.05, 4.69) is 10.6 Å². The molecule has 0 radical (unpaired) electrons. The van der Waals surface area contributed by atoms with Gasteiger partial charge < -0.3 is 21.3 Å². The normalized spacial score (nSPS) is 9.25. The molecule has 24 heavy (non-hydrogen) atoms. The summed E-state index contributed by atoms with van der Waals surface area (Å²) in [6, 6.07) is 19.7. The van der Waals surface area contributed by atoms with Crippen molar-refractivity contribution in [1.82, 2.24) is 4.90 Å². The molecule has 0 saturated carbocycles. The van der Waals surface area contributed by atoms with Crippen LogP contribution in [0.25, 0.3) is 0 Å². The molecule has 0 heterocycles. The fourth-order valence-electron chi connectivity index (χ4n) is 1.87. The predicted octanol–water partition coefficient (Wildman–Crippen LogP) is 4.07. The van der Waals surface area contributed by atoms with Crippen LogP contribution in [-0.2, 0) is 0 Å². The van der Waals surface area contributed by atoms with Crippen LogP contribution in [0, 0.1) is 0 Å². The molecule has 0 aromatic heterocycles. The number of hydrogen-bond donors (Lipinski definition) is 3. The lowest BCUT2D eigenvalue weighted by atomic mass is 10.3. The zero-order valence-corrected chi connectivity index (χ0v) is 15.7. The van der Waals surface area contributed by atoms with E-state index < -0.39 is 0 Å². The lowest BCUT2D eigenvalue weighted by molar-refractivity contribution is 0.469. The minimum absolute atomic E-state index is 0.495. The van der Waals surface area contributed by atoms with Crippen molar-refractivity contribution in [3.05, 3.63) is 60.7 Å². The van der Waals surface area contributed by atoms with Crippen molar-refractivity contribution < 1.29 is 0 Å². The van der Waals surface area contributed by atoms with E-state index in [1.54, 1.807) is 0 Å². The van der Waals surface area contributed by atoms with E-state index in [0.717, 1.165) is 24.5 Å². The molecule has 0 amide bonds. The second-order valence-corrected chi connectivity index (χ2v) is 5.65. The molecular weight excluding hydrogens is 336 g/mol. The summed E-state index contributed by atoms with van der Waals surface area (Å²) in [5.41, 5.74) is 7.28. The number of benzene rings is 2. The van der Waals surface area contributed by atoms with E-state index in [9.17, 15) is 0 Å². The lowest BCUT2D eigenvalue weighted by Crippen LogP contribution is -2.34. The van der Waals surface area contributed by atoms with Crippen molar-refractivity contribution in [3.8, 4) is 0 Å². The van der Waals surface area contributed by atoms with Crippen LogP contribution < -0.4 is 16.4 Å². The van der Waals surface area contributed by atoms with Gasteiger partial charge in [-0.25, -0.2) is 0 Å². The van der Waals surface area contributed by atoms with Gasteiger partial charge in [0.2, 0.25) is 0 Å². The topological polar surface area (TPSA) is 53.3 Å². The fourth-order valence-corrected chi connectivity index (χ4v) is 2.37. The van der Waals surface area contributed by atoms with Gasteiger partial charge in [-0.2, -0.15) is 0 Å². The van der Waals surface area contributed by atoms with Crippen LogP contribution in [-0.4, -0.2) is 28.2 Å². The first kappa shape index (κ1) is 19.9. The average molecular weight is 361 g/mol. The Morgan fingerprint density at radius 3 is 1.46 bits per heavy atom. The number of anilines is 2. The van der Waals surface area contributed by atoms with Gasteiger partial charge in [0, 0.05) is 24.5 Å². The maximum atomic E-state index is 5.32. The number of nitrogens with one attached hydrogen (secondary N) is 2. The van der Waals surface area contributed by atoms with Crippen LogP contribution in [0.4, 0.5) is 11.4 Å². The third-order valence-electron chi connectivity index (χ3n) is 3.14. The van der Waals surface area contributed by atoms with Crippen molar-refractivity contribution in [2.45, 2.75) is 13.8 Å². The number of rotatable bonds is 4. The quantitative estimate of drug-likeness (QED) is 0.715. The molecule has 0 aliphatic rings. The van der Waals surface area contributed by atoms with Crippen LogP contribution in [0.15, 0.2) is 60.7 Å². The van der Waals surface area contributed by atoms with Crippen LogP contribution in [0.3, 0.4) is 0 Å². The summed E-state index contributed by atoms with van der Waals surface area (Å²) in [7, 11) is 0. The predicted molar refractivity (Wildman–Crippen MR) is 112 cm³/mol. The number of nitrogens with zero attached hydrogens (tertiary/aromatic N) is 1. The average Bonchev–Trinajstić information content (AvgIpc) is 2.58. The van der Waals surface area contributed by atoms with Gasteiger partial charge in [-0.3, -0.25) is 0 Å². The molecule has 0 fully saturated rings. The molecule has 0 spiro atoms. The zero-order valence-electron chi connectivity index (χ0n) is 14.0. The van der Waals surface area contributed by atoms with Crippen LogP contribution >= 0.6 is 24.4 Å². The second kappa shape index (κ2) is 11.4. The molecule has 0 unspecified atom stereocenters. The Kier molecular flexibility index (Phi) is 9.41. The Labute approximate surface area is 155 Å². The van der Waals surface area contributed by atoms with Crippen LogP contribution in [0.5, 0.6) is 0 Å². The van der Waals surface area contributed by atoms with E-state index in [1.807, 2.05) is 79.4 Å². The van der Waals surface area contributed by atoms with Gasteiger partial charge in [0.05, 0.1) is 0 Å². The maximum Gasteiger partial charge on any atom is 0.175 e. The highest BCUT2D eigenvalue weighted by Gasteiger charge is 1.97. The summed E-state index contributed by atoms with van der Waals surface area (Å²) in [5.74, 6) is 0. The third kappa shape index (κ3) is 7.89. The van der Waals surface area contributed by atoms with E-state index in [-0.39, 0.29) is 0 Å². The van der Waals surface area contributed by atoms with Crippen molar-refractivity contribution >= 4 is 46.0 Å². The molecule has 2 rings (SSSR count). The number of hydrogen-bond acceptors (Lipinski definition) is 2. The summed E-state index contributed by atoms with van der Waals surface area (Å²) < 4.78 is 0. The Balaban J connectivity index is 0.000000307. The molecule has 0 atom stereocenters. The number of thiocarbonyl (C=S) groups is 2. The van der Waals surface area contributed by atoms with Crippen molar-refractivity contribution in [1.29, 1.82) is 0 Å². The first-order valence-electron chi connectivity index (χ1n) is 7.79. The summed E-state index contributed by atoms with van der Waals surface area (Å²) >= 11 is 9.91. The smallest absolute Gasteiger partial charge is 0.175 e. The van der Waals surface area contributed by atoms with E-state index in [1.165, 1.54) is 0 Å². The van der Waals surface area contributed by atoms with E-state index >= 15 is 0 Å². The largest absolute Gasteiger partial charge is 0.376 e. The highest BCUT2D eigenvalue weighted by Crippen LogP contribution is 2.08. The van der Waals surface area contributed by atoms with Gasteiger partial charge in [0.15, 0.2) is 10.2 Å². The molecule has 4 N–H and O–H groups in total. The first-order chi connectivity index (χ1) is 11.6. The zero-order chi connectivity index (χ0) is 17.8. The minimum Gasteiger partial charge on any atom is -0.376 e. The van der Waals surface area contributed by atoms with E-state index in [0.29, 0.717) is 10.2 Å². The number of nitrogens with two attached hydrogens (primary N) is 1. The monoisotopic (exact) mass is 360 g/mol. The molecule has 2 aromatic carbocycles. The standard InChI is InChI=1S/C13H12N2S.C5H12N2S/c16-13(14-11-7-3-1-4-8-11)15-12-9-5-2-6-10-12;1-3-7(4-2)5(6)8/h1-10H,(H2,14,15,16);3-4H2,1-2H3,(H2,6,8). The summed E-state index contributed by atoms with van der Waals surface area (Å²) in [6.07, 6.45) is 0. The maximum absolute atomic E-state index is 5.32. The van der Waals surface area contributed by atoms with Crippen molar-refractivity contribution in [2.75, 3.05) is 23.7 Å². The Morgan fingerprint density at radius 2 is 1.21 bits per heavy atom. The van der Waals surface area contributed by atoms with Gasteiger partial charge in [-0.05, 0) is 62.5 Å². The van der Waals surface area contributed by atoms with Gasteiger partial charge >= 0.3 is 0 Å². The molecule has 0 bridgehead atoms. The first-order valence-corrected chi connectivity index (χ1v) is 8.61. The molecule has 2 aromatic rings. The van der Waals surface area contributed by atoms with Crippen LogP contribution in [0.2, 0.25) is 0 Å². The summed E-state index contributed by atoms with van der Waals surface area (Å²) in [4.78, 5) is 1.93. The molecule has 0 aliphatic heterocycles.